The molecule has 2 aliphatic rings. The van der Waals surface area contributed by atoms with E-state index in [0.717, 1.165) is 11.1 Å². The number of halogens is 2. The fraction of sp³-hybridized carbons (Fsp3) is 0.360. The summed E-state index contributed by atoms with van der Waals surface area (Å²) >= 11 is 12.2. The van der Waals surface area contributed by atoms with Gasteiger partial charge in [-0.25, -0.2) is 4.98 Å². The topological polar surface area (TPSA) is 77.9 Å². The van der Waals surface area contributed by atoms with Crippen LogP contribution in [-0.4, -0.2) is 64.2 Å². The maximum absolute atomic E-state index is 13.4. The number of nitrogens with one attached hydrogen (secondary N) is 1. The molecule has 9 heteroatoms. The number of hydrogen-bond acceptors (Lipinski definition) is 5. The second-order valence-corrected chi connectivity index (χ2v) is 9.99. The van der Waals surface area contributed by atoms with Gasteiger partial charge in [-0.2, -0.15) is 0 Å². The van der Waals surface area contributed by atoms with Gasteiger partial charge < -0.3 is 15.1 Å². The molecule has 3 heterocycles. The van der Waals surface area contributed by atoms with E-state index in [1.165, 1.54) is 0 Å². The normalized spacial score (nSPS) is 17.9. The molecule has 1 aromatic heterocycles. The van der Waals surface area contributed by atoms with Gasteiger partial charge in [-0.1, -0.05) is 35.3 Å². The van der Waals surface area contributed by atoms with E-state index < -0.39 is 5.54 Å². The van der Waals surface area contributed by atoms with Crippen molar-refractivity contribution in [3.63, 3.8) is 0 Å². The number of aryl methyl sites for hydroxylation is 1. The first kappa shape index (κ1) is 24.2. The van der Waals surface area contributed by atoms with Gasteiger partial charge in [0.2, 0.25) is 0 Å². The van der Waals surface area contributed by atoms with Gasteiger partial charge in [-0.15, -0.1) is 0 Å². The van der Waals surface area contributed by atoms with Crippen molar-refractivity contribution in [3.05, 3.63) is 69.6 Å². The number of rotatable bonds is 3. The number of carbonyl (C=O) groups is 2. The third-order valence-electron chi connectivity index (χ3n) is 6.00. The van der Waals surface area contributed by atoms with Crippen LogP contribution in [0.2, 0.25) is 10.0 Å². The molecule has 0 saturated carbocycles. The first-order valence-corrected chi connectivity index (χ1v) is 11.9. The summed E-state index contributed by atoms with van der Waals surface area (Å²) in [5.41, 5.74) is 2.45. The van der Waals surface area contributed by atoms with Crippen LogP contribution in [0.25, 0.3) is 5.57 Å². The molecule has 1 fully saturated rings. The van der Waals surface area contributed by atoms with Crippen LogP contribution in [0.1, 0.15) is 42.0 Å². The summed E-state index contributed by atoms with van der Waals surface area (Å²) in [5.74, 6) is -0.0702. The molecule has 34 heavy (non-hydrogen) atoms. The van der Waals surface area contributed by atoms with Gasteiger partial charge in [0.15, 0.2) is 5.84 Å². The van der Waals surface area contributed by atoms with E-state index >= 15 is 0 Å². The van der Waals surface area contributed by atoms with Gasteiger partial charge in [0.1, 0.15) is 5.69 Å². The standard InChI is InChI=1S/C25H27Cl2N5O2/c1-16-11-20(27)13-21(30-16)23(33)31-9-10-32(25(2,3)15-31)24(34)22-28-8-7-18(14-29-22)17-5-4-6-19(26)12-17/h4-6,11-14H,7-10,15H2,1-3H3,(H,28,29). The van der Waals surface area contributed by atoms with Crippen molar-refractivity contribution in [3.8, 4) is 0 Å². The van der Waals surface area contributed by atoms with Gasteiger partial charge in [-0.05, 0) is 62.6 Å². The molecule has 0 aliphatic carbocycles. The van der Waals surface area contributed by atoms with Crippen molar-refractivity contribution in [2.24, 2.45) is 4.99 Å². The number of hydrogen-bond donors (Lipinski definition) is 1. The number of piperazine rings is 1. The van der Waals surface area contributed by atoms with Crippen molar-refractivity contribution in [2.75, 3.05) is 26.2 Å². The average molecular weight is 500 g/mol. The van der Waals surface area contributed by atoms with Gasteiger partial charge >= 0.3 is 0 Å². The number of aliphatic imine (C=N–C) groups is 1. The van der Waals surface area contributed by atoms with E-state index in [1.54, 1.807) is 28.9 Å². The number of benzene rings is 1. The van der Waals surface area contributed by atoms with E-state index in [0.29, 0.717) is 59.9 Å². The molecule has 0 bridgehead atoms. The molecule has 0 atom stereocenters. The Bertz CT molecular complexity index is 1170. The zero-order valence-electron chi connectivity index (χ0n) is 19.4. The van der Waals surface area contributed by atoms with Crippen LogP contribution in [0.15, 0.2) is 47.6 Å². The van der Waals surface area contributed by atoms with Crippen LogP contribution >= 0.6 is 23.2 Å². The first-order valence-electron chi connectivity index (χ1n) is 11.2. The van der Waals surface area contributed by atoms with Crippen molar-refractivity contribution in [2.45, 2.75) is 32.7 Å². The molecule has 2 amide bonds. The molecular formula is C25H27Cl2N5O2. The van der Waals surface area contributed by atoms with Crippen LogP contribution in [0.5, 0.6) is 0 Å². The summed E-state index contributed by atoms with van der Waals surface area (Å²) in [6, 6.07) is 10.9. The number of aromatic nitrogens is 1. The predicted octanol–water partition coefficient (Wildman–Crippen LogP) is 4.19. The molecule has 2 aliphatic heterocycles. The van der Waals surface area contributed by atoms with Crippen molar-refractivity contribution in [1.82, 2.24) is 20.1 Å². The molecule has 2 aromatic rings. The summed E-state index contributed by atoms with van der Waals surface area (Å²) in [7, 11) is 0. The molecule has 1 aromatic carbocycles. The minimum Gasteiger partial charge on any atom is -0.342 e. The lowest BCUT2D eigenvalue weighted by atomic mass is 9.98. The van der Waals surface area contributed by atoms with Crippen molar-refractivity contribution >= 4 is 46.4 Å². The average Bonchev–Trinajstić information content (AvgIpc) is 3.03. The highest BCUT2D eigenvalue weighted by Gasteiger charge is 2.40. The molecule has 178 valence electrons. The highest BCUT2D eigenvalue weighted by Crippen LogP contribution is 2.25. The predicted molar refractivity (Wildman–Crippen MR) is 135 cm³/mol. The third-order valence-corrected chi connectivity index (χ3v) is 6.46. The van der Waals surface area contributed by atoms with Gasteiger partial charge in [0.05, 0.1) is 5.54 Å². The number of amides is 2. The summed E-state index contributed by atoms with van der Waals surface area (Å²) in [6.07, 6.45) is 2.52. The molecule has 0 unspecified atom stereocenters. The van der Waals surface area contributed by atoms with Crippen LogP contribution < -0.4 is 5.32 Å². The van der Waals surface area contributed by atoms with Crippen LogP contribution in [-0.2, 0) is 4.79 Å². The number of pyridine rings is 1. The highest BCUT2D eigenvalue weighted by atomic mass is 35.5. The second kappa shape index (κ2) is 9.76. The zero-order chi connectivity index (χ0) is 24.5. The van der Waals surface area contributed by atoms with E-state index in [9.17, 15) is 9.59 Å². The largest absolute Gasteiger partial charge is 0.342 e. The van der Waals surface area contributed by atoms with Crippen LogP contribution in [0.3, 0.4) is 0 Å². The Balaban J connectivity index is 1.46. The minimum atomic E-state index is -0.589. The molecule has 0 spiro atoms. The Labute approximate surface area is 209 Å². The van der Waals surface area contributed by atoms with Crippen LogP contribution in [0.4, 0.5) is 0 Å². The van der Waals surface area contributed by atoms with Crippen molar-refractivity contribution in [1.29, 1.82) is 0 Å². The molecule has 7 nitrogen and oxygen atoms in total. The Morgan fingerprint density at radius 1 is 1.06 bits per heavy atom. The monoisotopic (exact) mass is 499 g/mol. The Hall–Kier alpha value is -2.90. The molecular weight excluding hydrogens is 473 g/mol. The zero-order valence-corrected chi connectivity index (χ0v) is 21.0. The first-order chi connectivity index (χ1) is 16.1. The summed E-state index contributed by atoms with van der Waals surface area (Å²) in [5, 5.41) is 4.25. The van der Waals surface area contributed by atoms with Crippen LogP contribution in [0, 0.1) is 6.92 Å². The smallest absolute Gasteiger partial charge is 0.289 e. The van der Waals surface area contributed by atoms with Gasteiger partial charge in [-0.3, -0.25) is 14.6 Å². The summed E-state index contributed by atoms with van der Waals surface area (Å²) in [6.45, 7) is 7.36. The lowest BCUT2D eigenvalue weighted by Crippen LogP contribution is -2.64. The second-order valence-electron chi connectivity index (χ2n) is 9.11. The summed E-state index contributed by atoms with van der Waals surface area (Å²) in [4.78, 5) is 38.8. The van der Waals surface area contributed by atoms with Crippen molar-refractivity contribution < 1.29 is 9.59 Å². The van der Waals surface area contributed by atoms with E-state index in [2.05, 4.69) is 15.3 Å². The lowest BCUT2D eigenvalue weighted by molar-refractivity contribution is -0.132. The Morgan fingerprint density at radius 2 is 1.85 bits per heavy atom. The lowest BCUT2D eigenvalue weighted by Gasteiger charge is -2.47. The van der Waals surface area contributed by atoms with E-state index in [1.807, 2.05) is 44.3 Å². The third kappa shape index (κ3) is 5.26. The number of nitrogens with zero attached hydrogens (tertiary/aromatic N) is 4. The van der Waals surface area contributed by atoms with Gasteiger partial charge in [0, 0.05) is 48.1 Å². The summed E-state index contributed by atoms with van der Waals surface area (Å²) < 4.78 is 0. The molecule has 1 saturated heterocycles. The van der Waals surface area contributed by atoms with E-state index in [-0.39, 0.29) is 11.8 Å². The Morgan fingerprint density at radius 3 is 2.56 bits per heavy atom. The number of carbonyl (C=O) groups excluding carboxylic acids is 2. The molecule has 4 rings (SSSR count). The molecule has 0 radical (unpaired) electrons. The maximum Gasteiger partial charge on any atom is 0.289 e. The maximum atomic E-state index is 13.4. The molecule has 1 N–H and O–H groups in total. The number of amidine groups is 1. The quantitative estimate of drug-likeness (QED) is 0.686. The minimum absolute atomic E-state index is 0.183. The van der Waals surface area contributed by atoms with Gasteiger partial charge in [0.25, 0.3) is 11.8 Å². The fourth-order valence-electron chi connectivity index (χ4n) is 4.34. The highest BCUT2D eigenvalue weighted by molar-refractivity contribution is 6.38. The fourth-order valence-corrected chi connectivity index (χ4v) is 4.79. The Kier molecular flexibility index (Phi) is 6.96. The SMILES string of the molecule is Cc1cc(Cl)cc(C(=O)N2CCN(C(=O)C3=NCCC(c4cccc(Cl)c4)=CN3)C(C)(C)C2)n1. The van der Waals surface area contributed by atoms with E-state index in [4.69, 9.17) is 23.2 Å².